The molecule has 0 aromatic heterocycles. The Bertz CT molecular complexity index is 449. The van der Waals surface area contributed by atoms with E-state index in [1.54, 1.807) is 24.3 Å². The molecule has 4 nitrogen and oxygen atoms in total. The van der Waals surface area contributed by atoms with Crippen molar-refractivity contribution in [3.05, 3.63) is 29.3 Å². The standard InChI is InChI=1S/C16H22ClNO3/c17-13-5-7-14(8-6-13)21-10-9-16(20)18-15-4-2-1-3-12(15)11-19/h5-8,12,15,19H,1-4,9-11H2,(H,18,20). The van der Waals surface area contributed by atoms with Crippen LogP contribution in [0.25, 0.3) is 0 Å². The van der Waals surface area contributed by atoms with Crippen LogP contribution in [-0.4, -0.2) is 30.3 Å². The molecule has 21 heavy (non-hydrogen) atoms. The van der Waals surface area contributed by atoms with Gasteiger partial charge in [-0.05, 0) is 37.1 Å². The number of aliphatic hydroxyl groups is 1. The maximum absolute atomic E-state index is 11.9. The van der Waals surface area contributed by atoms with Crippen LogP contribution < -0.4 is 10.1 Å². The van der Waals surface area contributed by atoms with E-state index in [9.17, 15) is 9.90 Å². The fraction of sp³-hybridized carbons (Fsp3) is 0.562. The number of ether oxygens (including phenoxy) is 1. The van der Waals surface area contributed by atoms with E-state index in [-0.39, 0.29) is 24.5 Å². The molecule has 1 saturated carbocycles. The number of nitrogens with one attached hydrogen (secondary N) is 1. The molecule has 0 bridgehead atoms. The Morgan fingerprint density at radius 3 is 2.71 bits per heavy atom. The third-order valence-corrected chi connectivity index (χ3v) is 4.15. The fourth-order valence-electron chi connectivity index (χ4n) is 2.69. The summed E-state index contributed by atoms with van der Waals surface area (Å²) in [6.45, 7) is 0.482. The van der Waals surface area contributed by atoms with Crippen molar-refractivity contribution in [1.29, 1.82) is 0 Å². The van der Waals surface area contributed by atoms with E-state index in [0.29, 0.717) is 23.8 Å². The topological polar surface area (TPSA) is 58.6 Å². The lowest BCUT2D eigenvalue weighted by Crippen LogP contribution is -2.43. The van der Waals surface area contributed by atoms with Gasteiger partial charge in [0.05, 0.1) is 13.0 Å². The van der Waals surface area contributed by atoms with Gasteiger partial charge in [-0.3, -0.25) is 4.79 Å². The molecule has 0 heterocycles. The molecule has 0 radical (unpaired) electrons. The first kappa shape index (κ1) is 16.1. The van der Waals surface area contributed by atoms with Gasteiger partial charge in [0.1, 0.15) is 5.75 Å². The largest absolute Gasteiger partial charge is 0.493 e. The Kier molecular flexibility index (Phi) is 6.33. The minimum atomic E-state index is -0.0192. The van der Waals surface area contributed by atoms with Gasteiger partial charge in [0.25, 0.3) is 0 Å². The average Bonchev–Trinajstić information content (AvgIpc) is 2.50. The summed E-state index contributed by atoms with van der Waals surface area (Å²) in [5.41, 5.74) is 0. The van der Waals surface area contributed by atoms with Crippen molar-refractivity contribution in [2.45, 2.75) is 38.1 Å². The second-order valence-electron chi connectivity index (χ2n) is 5.45. The van der Waals surface area contributed by atoms with Crippen LogP contribution in [0.1, 0.15) is 32.1 Å². The van der Waals surface area contributed by atoms with E-state index < -0.39 is 0 Å². The molecular formula is C16H22ClNO3. The molecule has 1 aromatic carbocycles. The minimum Gasteiger partial charge on any atom is -0.493 e. The molecule has 0 aliphatic heterocycles. The lowest BCUT2D eigenvalue weighted by molar-refractivity contribution is -0.123. The van der Waals surface area contributed by atoms with Gasteiger partial charge in [0.15, 0.2) is 0 Å². The second-order valence-corrected chi connectivity index (χ2v) is 5.89. The number of carbonyl (C=O) groups is 1. The maximum atomic E-state index is 11.9. The summed E-state index contributed by atoms with van der Waals surface area (Å²) in [6.07, 6.45) is 4.51. The first-order valence-electron chi connectivity index (χ1n) is 7.47. The van der Waals surface area contributed by atoms with E-state index in [1.165, 1.54) is 0 Å². The first-order valence-corrected chi connectivity index (χ1v) is 7.85. The predicted molar refractivity (Wildman–Crippen MR) is 82.5 cm³/mol. The van der Waals surface area contributed by atoms with E-state index in [1.807, 2.05) is 0 Å². The number of benzene rings is 1. The van der Waals surface area contributed by atoms with Gasteiger partial charge in [-0.25, -0.2) is 0 Å². The molecule has 2 unspecified atom stereocenters. The molecule has 0 saturated heterocycles. The van der Waals surface area contributed by atoms with E-state index >= 15 is 0 Å². The summed E-state index contributed by atoms with van der Waals surface area (Å²) < 4.78 is 5.51. The molecule has 2 N–H and O–H groups in total. The van der Waals surface area contributed by atoms with Crippen LogP contribution >= 0.6 is 11.6 Å². The molecule has 116 valence electrons. The van der Waals surface area contributed by atoms with Crippen molar-refractivity contribution in [2.24, 2.45) is 5.92 Å². The quantitative estimate of drug-likeness (QED) is 0.849. The highest BCUT2D eigenvalue weighted by molar-refractivity contribution is 6.30. The van der Waals surface area contributed by atoms with E-state index in [4.69, 9.17) is 16.3 Å². The summed E-state index contributed by atoms with van der Waals surface area (Å²) >= 11 is 5.79. The van der Waals surface area contributed by atoms with Crippen LogP contribution in [0.3, 0.4) is 0 Å². The molecule has 1 aliphatic rings. The van der Waals surface area contributed by atoms with Crippen LogP contribution in [0.2, 0.25) is 5.02 Å². The number of aliphatic hydroxyl groups excluding tert-OH is 1. The number of halogens is 1. The zero-order valence-electron chi connectivity index (χ0n) is 12.1. The molecule has 5 heteroatoms. The molecule has 1 fully saturated rings. The number of amides is 1. The normalized spacial score (nSPS) is 21.8. The lowest BCUT2D eigenvalue weighted by Gasteiger charge is -2.30. The van der Waals surface area contributed by atoms with Gasteiger partial charge in [0.2, 0.25) is 5.91 Å². The van der Waals surface area contributed by atoms with Gasteiger partial charge in [-0.15, -0.1) is 0 Å². The molecular weight excluding hydrogens is 290 g/mol. The zero-order valence-corrected chi connectivity index (χ0v) is 12.8. The Hall–Kier alpha value is -1.26. The SMILES string of the molecule is O=C(CCOc1ccc(Cl)cc1)NC1CCCCC1CO. The summed E-state index contributed by atoms with van der Waals surface area (Å²) in [7, 11) is 0. The number of hydrogen-bond donors (Lipinski definition) is 2. The van der Waals surface area contributed by atoms with Crippen LogP contribution in [0.5, 0.6) is 5.75 Å². The van der Waals surface area contributed by atoms with E-state index in [2.05, 4.69) is 5.32 Å². The first-order chi connectivity index (χ1) is 10.2. The van der Waals surface area contributed by atoms with Crippen molar-refractivity contribution in [3.8, 4) is 5.75 Å². The Labute approximate surface area is 130 Å². The summed E-state index contributed by atoms with van der Waals surface area (Å²) in [4.78, 5) is 11.9. The fourth-order valence-corrected chi connectivity index (χ4v) is 2.81. The van der Waals surface area contributed by atoms with Crippen LogP contribution in [-0.2, 0) is 4.79 Å². The highest BCUT2D eigenvalue weighted by Crippen LogP contribution is 2.24. The molecule has 2 rings (SSSR count). The van der Waals surface area contributed by atoms with Crippen LogP contribution in [0.15, 0.2) is 24.3 Å². The maximum Gasteiger partial charge on any atom is 0.223 e. The van der Waals surface area contributed by atoms with Crippen molar-refractivity contribution in [1.82, 2.24) is 5.32 Å². The van der Waals surface area contributed by atoms with Crippen LogP contribution in [0.4, 0.5) is 0 Å². The Morgan fingerprint density at radius 2 is 2.00 bits per heavy atom. The van der Waals surface area contributed by atoms with Gasteiger partial charge >= 0.3 is 0 Å². The van der Waals surface area contributed by atoms with Crippen molar-refractivity contribution in [3.63, 3.8) is 0 Å². The van der Waals surface area contributed by atoms with Gasteiger partial charge in [0, 0.05) is 23.6 Å². The highest BCUT2D eigenvalue weighted by Gasteiger charge is 2.25. The third kappa shape index (κ3) is 5.21. The molecule has 1 aliphatic carbocycles. The smallest absolute Gasteiger partial charge is 0.223 e. The Balaban J connectivity index is 1.70. The van der Waals surface area contributed by atoms with Gasteiger partial charge in [-0.1, -0.05) is 24.4 Å². The lowest BCUT2D eigenvalue weighted by atomic mass is 9.85. The zero-order chi connectivity index (χ0) is 15.1. The molecule has 0 spiro atoms. The number of hydrogen-bond acceptors (Lipinski definition) is 3. The number of carbonyl (C=O) groups excluding carboxylic acids is 1. The summed E-state index contributed by atoms with van der Waals surface area (Å²) in [6, 6.07) is 7.17. The van der Waals surface area contributed by atoms with Gasteiger partial charge < -0.3 is 15.2 Å². The average molecular weight is 312 g/mol. The van der Waals surface area contributed by atoms with Crippen molar-refractivity contribution in [2.75, 3.05) is 13.2 Å². The summed E-state index contributed by atoms with van der Waals surface area (Å²) in [5.74, 6) is 0.882. The van der Waals surface area contributed by atoms with Crippen molar-refractivity contribution >= 4 is 17.5 Å². The molecule has 1 aromatic rings. The summed E-state index contributed by atoms with van der Waals surface area (Å²) in [5, 5.41) is 13.0. The predicted octanol–water partition coefficient (Wildman–Crippen LogP) is 2.78. The monoisotopic (exact) mass is 311 g/mol. The van der Waals surface area contributed by atoms with Gasteiger partial charge in [-0.2, -0.15) is 0 Å². The second kappa shape index (κ2) is 8.25. The molecule has 2 atom stereocenters. The minimum absolute atomic E-state index is 0.0192. The van der Waals surface area contributed by atoms with Crippen LogP contribution in [0, 0.1) is 5.92 Å². The van der Waals surface area contributed by atoms with E-state index in [0.717, 1.165) is 25.7 Å². The highest BCUT2D eigenvalue weighted by atomic mass is 35.5. The number of rotatable bonds is 6. The Morgan fingerprint density at radius 1 is 1.29 bits per heavy atom. The third-order valence-electron chi connectivity index (χ3n) is 3.90. The van der Waals surface area contributed by atoms with Crippen molar-refractivity contribution < 1.29 is 14.6 Å². The molecule has 1 amide bonds.